The number of para-hydroxylation sites is 2. The highest BCUT2D eigenvalue weighted by molar-refractivity contribution is 6.04. The molecule has 24 rings (SSSR count). The summed E-state index contributed by atoms with van der Waals surface area (Å²) in [5.41, 5.74) is 39.8. The van der Waals surface area contributed by atoms with Gasteiger partial charge in [0.15, 0.2) is 0 Å². The Morgan fingerprint density at radius 2 is 0.312 bits per heavy atom. The third-order valence-electron chi connectivity index (χ3n) is 27.0. The van der Waals surface area contributed by atoms with E-state index >= 15 is 0 Å². The van der Waals surface area contributed by atoms with Gasteiger partial charge in [-0.05, 0) is 317 Å². The first-order valence-corrected chi connectivity index (χ1v) is 47.6. The zero-order valence-electron chi connectivity index (χ0n) is 77.0. The third-order valence-corrected chi connectivity index (χ3v) is 27.0. The zero-order valence-corrected chi connectivity index (χ0v) is 77.0. The predicted molar refractivity (Wildman–Crippen MR) is 588 cm³/mol. The van der Waals surface area contributed by atoms with E-state index in [1.807, 2.05) is 0 Å². The van der Waals surface area contributed by atoms with Crippen LogP contribution in [0.4, 0.5) is 51.2 Å². The van der Waals surface area contributed by atoms with Crippen LogP contribution in [0.15, 0.2) is 564 Å². The van der Waals surface area contributed by atoms with Gasteiger partial charge < -0.3 is 14.7 Å². The molecule has 654 valence electrons. The van der Waals surface area contributed by atoms with Crippen LogP contribution in [0, 0.1) is 0 Å². The van der Waals surface area contributed by atoms with Gasteiger partial charge in [-0.3, -0.25) is 0 Å². The molecule has 1 aliphatic carbocycles. The summed E-state index contributed by atoms with van der Waals surface area (Å²) in [5, 5.41) is 7.56. The lowest BCUT2D eigenvalue weighted by molar-refractivity contribution is 0.660. The number of fused-ring (bicyclic) bond motifs is 6. The van der Waals surface area contributed by atoms with Gasteiger partial charge in [-0.1, -0.05) is 426 Å². The van der Waals surface area contributed by atoms with E-state index in [-0.39, 0.29) is 5.41 Å². The van der Waals surface area contributed by atoms with E-state index in [0.29, 0.717) is 0 Å². The molecule has 0 fully saturated rings. The summed E-state index contributed by atoms with van der Waals surface area (Å²) >= 11 is 0. The summed E-state index contributed by atoms with van der Waals surface area (Å²) in [4.78, 5) is 7.02. The van der Waals surface area contributed by atoms with Crippen LogP contribution in [0.1, 0.15) is 25.0 Å². The Balaban J connectivity index is 0.000000120. The minimum Gasteiger partial charge on any atom is -0.311 e. The van der Waals surface area contributed by atoms with Crippen LogP contribution < -0.4 is 14.7 Å². The van der Waals surface area contributed by atoms with Crippen molar-refractivity contribution >= 4 is 83.5 Å². The smallest absolute Gasteiger partial charge is 0.0465 e. The van der Waals surface area contributed by atoms with Crippen molar-refractivity contribution in [1.82, 2.24) is 0 Å². The van der Waals surface area contributed by atoms with Crippen molar-refractivity contribution in [3.05, 3.63) is 575 Å². The largest absolute Gasteiger partial charge is 0.311 e. The Kier molecular flexibility index (Phi) is 24.1. The van der Waals surface area contributed by atoms with Gasteiger partial charge in [-0.15, -0.1) is 0 Å². The first-order chi connectivity index (χ1) is 68.2. The van der Waals surface area contributed by atoms with Crippen LogP contribution in [-0.2, 0) is 5.41 Å². The molecule has 0 bridgehead atoms. The van der Waals surface area contributed by atoms with Gasteiger partial charge in [-0.25, -0.2) is 0 Å². The molecule has 3 heteroatoms. The maximum atomic E-state index is 2.43. The molecule has 23 aromatic carbocycles. The van der Waals surface area contributed by atoms with Crippen molar-refractivity contribution in [2.45, 2.75) is 19.3 Å². The summed E-state index contributed by atoms with van der Waals surface area (Å²) in [6.07, 6.45) is 0. The van der Waals surface area contributed by atoms with Gasteiger partial charge in [0.25, 0.3) is 0 Å². The molecule has 138 heavy (non-hydrogen) atoms. The standard InChI is InChI=1S/2C46H33N.C43H33N/c2*1-4-12-34(13-5-1)36-20-26-42(27-21-36)47(43-28-22-37(23-29-43)35-14-6-2-7-15-35)44-30-24-38(25-31-44)41-32-40-18-10-11-19-45(40)46(33-41)39-16-8-3-9-17-39;1-43(2)41-28-31(33-26-32-16-12-13-21-37(32)40(27-33)30-14-6-3-7-15-30)22-24-38(41)39-25-23-36(29-42(39)43)44(34-17-8-4-9-18-34)35-19-10-5-11-20-35/h2*1-33H;3-29H,1-2H3. The molecule has 0 spiro atoms. The lowest BCUT2D eigenvalue weighted by Gasteiger charge is -2.28. The SMILES string of the molecule is CC1(C)c2cc(-c3cc(-c4ccccc4)c4ccccc4c3)ccc2-c2ccc(N(c3ccccc3)c3ccccc3)cc21.c1ccc(-c2ccc(N(c3ccc(-c4ccccc4)cc3)c3ccc(-c4cc(-c5ccccc5)c5ccccc5c4)cc3)cc2)cc1.c1ccc(-c2ccc(N(c3ccc(-c4ccccc4)cc3)c3ccc(-c4cc(-c5ccccc5)c5ccccc5c4)cc3)cc2)cc1. The minimum atomic E-state index is -0.144. The average molecular weight is 1760 g/mol. The number of hydrogen-bond acceptors (Lipinski definition) is 3. The maximum absolute atomic E-state index is 2.43. The second-order valence-corrected chi connectivity index (χ2v) is 35.9. The molecular weight excluding hydrogens is 1660 g/mol. The average Bonchev–Trinajstić information content (AvgIpc) is 1.57. The first kappa shape index (κ1) is 85.7. The molecule has 0 unspecified atom stereocenters. The van der Waals surface area contributed by atoms with Crippen molar-refractivity contribution in [2.24, 2.45) is 0 Å². The fourth-order valence-electron chi connectivity index (χ4n) is 19.9. The number of benzene rings is 23. The van der Waals surface area contributed by atoms with Crippen molar-refractivity contribution in [3.8, 4) is 122 Å². The third kappa shape index (κ3) is 17.9. The summed E-state index contributed by atoms with van der Waals surface area (Å²) in [6, 6.07) is 203. The van der Waals surface area contributed by atoms with Gasteiger partial charge in [0.1, 0.15) is 0 Å². The van der Waals surface area contributed by atoms with Crippen LogP contribution in [0.3, 0.4) is 0 Å². The monoisotopic (exact) mass is 1760 g/mol. The summed E-state index contributed by atoms with van der Waals surface area (Å²) < 4.78 is 0. The molecule has 0 radical (unpaired) electrons. The van der Waals surface area contributed by atoms with Gasteiger partial charge in [0.2, 0.25) is 0 Å². The quantitative estimate of drug-likeness (QED) is 0.0799. The van der Waals surface area contributed by atoms with Gasteiger partial charge in [-0.2, -0.15) is 0 Å². The van der Waals surface area contributed by atoms with E-state index in [1.165, 1.54) is 172 Å². The molecule has 0 aliphatic heterocycles. The molecule has 0 saturated carbocycles. The zero-order chi connectivity index (χ0) is 92.5. The van der Waals surface area contributed by atoms with Crippen molar-refractivity contribution < 1.29 is 0 Å². The van der Waals surface area contributed by atoms with E-state index in [0.717, 1.165) is 45.5 Å². The Morgan fingerprint density at radius 3 is 0.594 bits per heavy atom. The molecule has 0 amide bonds. The molecule has 0 heterocycles. The second kappa shape index (κ2) is 38.8. The normalized spacial score (nSPS) is 11.6. The maximum Gasteiger partial charge on any atom is 0.0465 e. The summed E-state index contributed by atoms with van der Waals surface area (Å²) in [7, 11) is 0. The highest BCUT2D eigenvalue weighted by atomic mass is 15.2. The van der Waals surface area contributed by atoms with Crippen LogP contribution in [0.2, 0.25) is 0 Å². The van der Waals surface area contributed by atoms with Gasteiger partial charge in [0, 0.05) is 56.6 Å². The summed E-state index contributed by atoms with van der Waals surface area (Å²) in [6.45, 7) is 4.74. The molecular formula is C135H99N3. The Morgan fingerprint density at radius 1 is 0.123 bits per heavy atom. The molecule has 3 nitrogen and oxygen atoms in total. The predicted octanol–water partition coefficient (Wildman–Crippen LogP) is 37.9. The Bertz CT molecular complexity index is 7610. The molecule has 0 aromatic heterocycles. The van der Waals surface area contributed by atoms with Gasteiger partial charge >= 0.3 is 0 Å². The van der Waals surface area contributed by atoms with Crippen molar-refractivity contribution in [1.29, 1.82) is 0 Å². The van der Waals surface area contributed by atoms with Crippen molar-refractivity contribution in [3.63, 3.8) is 0 Å². The van der Waals surface area contributed by atoms with E-state index < -0.39 is 0 Å². The van der Waals surface area contributed by atoms with Crippen LogP contribution >= 0.6 is 0 Å². The molecule has 23 aromatic rings. The van der Waals surface area contributed by atoms with Crippen LogP contribution in [0.25, 0.3) is 155 Å². The van der Waals surface area contributed by atoms with Crippen molar-refractivity contribution in [2.75, 3.05) is 14.7 Å². The molecule has 0 atom stereocenters. The molecule has 1 aliphatic rings. The second-order valence-electron chi connectivity index (χ2n) is 35.9. The topological polar surface area (TPSA) is 9.72 Å². The number of nitrogens with zero attached hydrogens (tertiary/aromatic N) is 3. The first-order valence-electron chi connectivity index (χ1n) is 47.6. The molecule has 0 N–H and O–H groups in total. The van der Waals surface area contributed by atoms with E-state index in [1.54, 1.807) is 0 Å². The van der Waals surface area contributed by atoms with E-state index in [9.17, 15) is 0 Å². The lowest BCUT2D eigenvalue weighted by Crippen LogP contribution is -2.16. The summed E-state index contributed by atoms with van der Waals surface area (Å²) in [5.74, 6) is 0. The number of rotatable bonds is 19. The van der Waals surface area contributed by atoms with Crippen LogP contribution in [-0.4, -0.2) is 0 Å². The molecule has 0 saturated heterocycles. The highest BCUT2D eigenvalue weighted by Gasteiger charge is 2.37. The fraction of sp³-hybridized carbons (Fsp3) is 0.0222. The fourth-order valence-corrected chi connectivity index (χ4v) is 19.9. The number of hydrogen-bond donors (Lipinski definition) is 0. The van der Waals surface area contributed by atoms with Crippen LogP contribution in [0.5, 0.6) is 0 Å². The number of anilines is 9. The van der Waals surface area contributed by atoms with Gasteiger partial charge in [0.05, 0.1) is 0 Å². The van der Waals surface area contributed by atoms with E-state index in [2.05, 4.69) is 593 Å². The Hall–Kier alpha value is -17.8. The Labute approximate surface area is 809 Å². The van der Waals surface area contributed by atoms with E-state index in [4.69, 9.17) is 0 Å². The minimum absolute atomic E-state index is 0.144. The lowest BCUT2D eigenvalue weighted by atomic mass is 9.81. The highest BCUT2D eigenvalue weighted by Crippen LogP contribution is 2.53.